The average Bonchev–Trinajstić information content (AvgIpc) is 3.08. The number of fused-ring (bicyclic) bond motifs is 1. The summed E-state index contributed by atoms with van der Waals surface area (Å²) in [7, 11) is 2.04. The summed E-state index contributed by atoms with van der Waals surface area (Å²) in [6.07, 6.45) is 1.05. The SMILES string of the molecule is CCc1ccc(C[NH+](C)CC(=O)NCc2ccc3c(c2)OCO3)cc1. The minimum atomic E-state index is 0.0420. The first-order chi connectivity index (χ1) is 12.1. The molecular weight excluding hydrogens is 316 g/mol. The van der Waals surface area contributed by atoms with Gasteiger partial charge in [-0.15, -0.1) is 0 Å². The number of aryl methyl sites for hydroxylation is 1. The molecule has 1 heterocycles. The fourth-order valence-electron chi connectivity index (χ4n) is 2.89. The van der Waals surface area contributed by atoms with Crippen LogP contribution in [-0.4, -0.2) is 26.3 Å². The van der Waals surface area contributed by atoms with E-state index in [0.717, 1.165) is 34.9 Å². The van der Waals surface area contributed by atoms with Gasteiger partial charge < -0.3 is 19.7 Å². The molecule has 25 heavy (non-hydrogen) atoms. The van der Waals surface area contributed by atoms with E-state index in [1.54, 1.807) is 0 Å². The second-order valence-electron chi connectivity index (χ2n) is 6.45. The Bertz CT molecular complexity index is 728. The van der Waals surface area contributed by atoms with E-state index in [-0.39, 0.29) is 12.7 Å². The maximum Gasteiger partial charge on any atom is 0.275 e. The van der Waals surface area contributed by atoms with Gasteiger partial charge in [-0.25, -0.2) is 0 Å². The number of quaternary nitrogens is 1. The molecule has 5 nitrogen and oxygen atoms in total. The van der Waals surface area contributed by atoms with Gasteiger partial charge in [-0.3, -0.25) is 4.79 Å². The Hall–Kier alpha value is -2.53. The summed E-state index contributed by atoms with van der Waals surface area (Å²) >= 11 is 0. The van der Waals surface area contributed by atoms with Crippen molar-refractivity contribution >= 4 is 5.91 Å². The molecule has 0 saturated heterocycles. The molecule has 132 valence electrons. The number of carbonyl (C=O) groups is 1. The van der Waals surface area contributed by atoms with E-state index in [2.05, 4.69) is 36.5 Å². The predicted molar refractivity (Wildman–Crippen MR) is 95.7 cm³/mol. The number of hydrogen-bond donors (Lipinski definition) is 2. The van der Waals surface area contributed by atoms with Gasteiger partial charge in [0.2, 0.25) is 6.79 Å². The maximum atomic E-state index is 12.2. The number of ether oxygens (including phenoxy) is 2. The van der Waals surface area contributed by atoms with Gasteiger partial charge in [0.15, 0.2) is 18.0 Å². The Labute approximate surface area is 148 Å². The third kappa shape index (κ3) is 4.73. The largest absolute Gasteiger partial charge is 0.454 e. The fourth-order valence-corrected chi connectivity index (χ4v) is 2.89. The zero-order valence-electron chi connectivity index (χ0n) is 14.8. The molecule has 0 aromatic heterocycles. The molecule has 0 bridgehead atoms. The van der Waals surface area contributed by atoms with Crippen molar-refractivity contribution in [1.82, 2.24) is 5.32 Å². The number of rotatable bonds is 7. The number of hydrogen-bond acceptors (Lipinski definition) is 3. The molecule has 2 N–H and O–H groups in total. The lowest BCUT2D eigenvalue weighted by atomic mass is 10.1. The van der Waals surface area contributed by atoms with Crippen LogP contribution in [-0.2, 0) is 24.3 Å². The third-order valence-electron chi connectivity index (χ3n) is 4.33. The monoisotopic (exact) mass is 341 g/mol. The normalized spacial score (nSPS) is 13.5. The Morgan fingerprint density at radius 2 is 1.72 bits per heavy atom. The van der Waals surface area contributed by atoms with Gasteiger partial charge in [-0.05, 0) is 29.7 Å². The molecule has 0 spiro atoms. The molecule has 1 atom stereocenters. The Balaban J connectivity index is 1.45. The summed E-state index contributed by atoms with van der Waals surface area (Å²) in [5, 5.41) is 2.97. The van der Waals surface area contributed by atoms with Gasteiger partial charge in [0, 0.05) is 12.1 Å². The molecule has 3 rings (SSSR count). The van der Waals surface area contributed by atoms with Crippen LogP contribution in [0.15, 0.2) is 42.5 Å². The summed E-state index contributed by atoms with van der Waals surface area (Å²) in [6.45, 7) is 4.19. The second-order valence-corrected chi connectivity index (χ2v) is 6.45. The van der Waals surface area contributed by atoms with Crippen molar-refractivity contribution in [3.63, 3.8) is 0 Å². The summed E-state index contributed by atoms with van der Waals surface area (Å²) in [5.41, 5.74) is 3.59. The lowest BCUT2D eigenvalue weighted by molar-refractivity contribution is -0.885. The highest BCUT2D eigenvalue weighted by atomic mass is 16.7. The van der Waals surface area contributed by atoms with Crippen LogP contribution < -0.4 is 19.7 Å². The summed E-state index contributed by atoms with van der Waals surface area (Å²) in [5.74, 6) is 1.54. The molecule has 0 aliphatic carbocycles. The summed E-state index contributed by atoms with van der Waals surface area (Å²) in [6, 6.07) is 14.3. The van der Waals surface area contributed by atoms with Crippen molar-refractivity contribution in [3.8, 4) is 11.5 Å². The van der Waals surface area contributed by atoms with Crippen LogP contribution in [0.3, 0.4) is 0 Å². The van der Waals surface area contributed by atoms with Crippen molar-refractivity contribution < 1.29 is 19.2 Å². The van der Waals surface area contributed by atoms with Crippen molar-refractivity contribution in [3.05, 3.63) is 59.2 Å². The van der Waals surface area contributed by atoms with Gasteiger partial charge >= 0.3 is 0 Å². The molecule has 0 saturated carbocycles. The number of likely N-dealkylation sites (N-methyl/N-ethyl adjacent to an activating group) is 1. The minimum Gasteiger partial charge on any atom is -0.454 e. The summed E-state index contributed by atoms with van der Waals surface area (Å²) in [4.78, 5) is 13.3. The molecule has 2 aromatic carbocycles. The highest BCUT2D eigenvalue weighted by Gasteiger charge is 2.14. The molecule has 1 unspecified atom stereocenters. The van der Waals surface area contributed by atoms with Gasteiger partial charge in [-0.1, -0.05) is 37.3 Å². The zero-order valence-corrected chi connectivity index (χ0v) is 14.8. The molecule has 5 heteroatoms. The van der Waals surface area contributed by atoms with Crippen LogP contribution in [0.1, 0.15) is 23.6 Å². The Morgan fingerprint density at radius 3 is 2.48 bits per heavy atom. The topological polar surface area (TPSA) is 52.0 Å². The van der Waals surface area contributed by atoms with Gasteiger partial charge in [0.1, 0.15) is 6.54 Å². The van der Waals surface area contributed by atoms with E-state index in [4.69, 9.17) is 9.47 Å². The smallest absolute Gasteiger partial charge is 0.275 e. The van der Waals surface area contributed by atoms with Crippen molar-refractivity contribution in [2.75, 3.05) is 20.4 Å². The van der Waals surface area contributed by atoms with E-state index in [0.29, 0.717) is 13.1 Å². The first-order valence-corrected chi connectivity index (χ1v) is 8.68. The molecule has 0 fully saturated rings. The van der Waals surface area contributed by atoms with E-state index in [9.17, 15) is 4.79 Å². The van der Waals surface area contributed by atoms with Crippen LogP contribution in [0.25, 0.3) is 0 Å². The highest BCUT2D eigenvalue weighted by Crippen LogP contribution is 2.32. The maximum absolute atomic E-state index is 12.2. The zero-order chi connectivity index (χ0) is 17.6. The third-order valence-corrected chi connectivity index (χ3v) is 4.33. The highest BCUT2D eigenvalue weighted by molar-refractivity contribution is 5.76. The van der Waals surface area contributed by atoms with E-state index in [1.807, 2.05) is 25.2 Å². The molecule has 1 amide bonds. The molecule has 0 radical (unpaired) electrons. The molecule has 2 aromatic rings. The number of amides is 1. The Kier molecular flexibility index (Phi) is 5.56. The number of nitrogens with one attached hydrogen (secondary N) is 2. The van der Waals surface area contributed by atoms with E-state index in [1.165, 1.54) is 11.1 Å². The minimum absolute atomic E-state index is 0.0420. The first kappa shape index (κ1) is 17.3. The van der Waals surface area contributed by atoms with Crippen LogP contribution in [0.5, 0.6) is 11.5 Å². The van der Waals surface area contributed by atoms with E-state index >= 15 is 0 Å². The van der Waals surface area contributed by atoms with Crippen molar-refractivity contribution in [2.45, 2.75) is 26.4 Å². The van der Waals surface area contributed by atoms with Gasteiger partial charge in [0.25, 0.3) is 5.91 Å². The standard InChI is InChI=1S/C20H24N2O3/c1-3-15-4-6-16(7-5-15)12-22(2)13-20(23)21-11-17-8-9-18-19(10-17)25-14-24-18/h4-10H,3,11-14H2,1-2H3,(H,21,23)/p+1. The molecular formula is C20H25N2O3+. The van der Waals surface area contributed by atoms with Gasteiger partial charge in [0.05, 0.1) is 7.05 Å². The fraction of sp³-hybridized carbons (Fsp3) is 0.350. The van der Waals surface area contributed by atoms with Gasteiger partial charge in [-0.2, -0.15) is 0 Å². The summed E-state index contributed by atoms with van der Waals surface area (Å²) < 4.78 is 10.6. The van der Waals surface area contributed by atoms with Crippen LogP contribution in [0.4, 0.5) is 0 Å². The Morgan fingerprint density at radius 1 is 1.04 bits per heavy atom. The van der Waals surface area contributed by atoms with Crippen molar-refractivity contribution in [2.24, 2.45) is 0 Å². The quantitative estimate of drug-likeness (QED) is 0.798. The van der Waals surface area contributed by atoms with Crippen molar-refractivity contribution in [1.29, 1.82) is 0 Å². The lowest BCUT2D eigenvalue weighted by Gasteiger charge is -2.14. The predicted octanol–water partition coefficient (Wildman–Crippen LogP) is 1.31. The second kappa shape index (κ2) is 8.03. The van der Waals surface area contributed by atoms with Crippen LogP contribution in [0, 0.1) is 0 Å². The molecule has 1 aliphatic heterocycles. The number of carbonyl (C=O) groups excluding carboxylic acids is 1. The first-order valence-electron chi connectivity index (χ1n) is 8.68. The number of benzene rings is 2. The molecule has 1 aliphatic rings. The van der Waals surface area contributed by atoms with E-state index < -0.39 is 0 Å². The van der Waals surface area contributed by atoms with Crippen LogP contribution >= 0.6 is 0 Å². The van der Waals surface area contributed by atoms with Crippen LogP contribution in [0.2, 0.25) is 0 Å². The average molecular weight is 341 g/mol. The lowest BCUT2D eigenvalue weighted by Crippen LogP contribution is -3.08.